The first-order valence-electron chi connectivity index (χ1n) is 6.48. The summed E-state index contributed by atoms with van der Waals surface area (Å²) < 4.78 is 5.17. The van der Waals surface area contributed by atoms with Crippen LogP contribution in [0, 0.1) is 0 Å². The molecule has 22 heavy (non-hydrogen) atoms. The Kier molecular flexibility index (Phi) is 3.57. The number of carboxylic acid groups (broad SMARTS) is 1. The third-order valence-corrected chi connectivity index (χ3v) is 3.09. The highest BCUT2D eigenvalue weighted by Crippen LogP contribution is 2.18. The molecular weight excluding hydrogens is 286 g/mol. The molecule has 0 bridgehead atoms. The number of anilines is 1. The topological polar surface area (TPSA) is 113 Å². The molecule has 0 atom stereocenters. The van der Waals surface area contributed by atoms with Crippen LogP contribution in [0.2, 0.25) is 0 Å². The highest BCUT2D eigenvalue weighted by atomic mass is 16.5. The van der Waals surface area contributed by atoms with Crippen LogP contribution in [0.3, 0.4) is 0 Å². The van der Waals surface area contributed by atoms with Crippen LogP contribution in [0.15, 0.2) is 30.6 Å². The molecule has 1 aromatic carbocycles. The minimum absolute atomic E-state index is 0.167. The standard InChI is InChI=1S/C14H13N5O3/c1-22-9-4-2-3-8(5-9)6-15-11-10-12(17-7-16-11)19-13(18-10)14(20)21/h2-5,7H,6H2,1H3,(H,20,21)(H2,15,16,17,18,19). The van der Waals surface area contributed by atoms with Gasteiger partial charge in [0.15, 0.2) is 11.5 Å². The molecular formula is C14H13N5O3. The minimum Gasteiger partial charge on any atom is -0.497 e. The molecule has 0 saturated heterocycles. The number of hydrogen-bond acceptors (Lipinski definition) is 6. The molecule has 0 spiro atoms. The zero-order valence-corrected chi connectivity index (χ0v) is 11.7. The van der Waals surface area contributed by atoms with Crippen molar-refractivity contribution in [3.8, 4) is 5.75 Å². The number of carbonyl (C=O) groups is 1. The molecule has 0 aliphatic heterocycles. The van der Waals surface area contributed by atoms with E-state index in [0.717, 1.165) is 11.3 Å². The molecule has 3 N–H and O–H groups in total. The average molecular weight is 299 g/mol. The summed E-state index contributed by atoms with van der Waals surface area (Å²) in [6, 6.07) is 7.61. The number of hydrogen-bond donors (Lipinski definition) is 3. The van der Waals surface area contributed by atoms with Crippen molar-refractivity contribution in [2.75, 3.05) is 12.4 Å². The van der Waals surface area contributed by atoms with Gasteiger partial charge in [0.25, 0.3) is 0 Å². The second-order valence-corrected chi connectivity index (χ2v) is 4.52. The Balaban J connectivity index is 1.85. The van der Waals surface area contributed by atoms with Crippen LogP contribution in [-0.2, 0) is 6.54 Å². The summed E-state index contributed by atoms with van der Waals surface area (Å²) in [6.07, 6.45) is 1.34. The highest BCUT2D eigenvalue weighted by molar-refractivity contribution is 5.91. The van der Waals surface area contributed by atoms with Gasteiger partial charge in [-0.05, 0) is 17.7 Å². The third-order valence-electron chi connectivity index (χ3n) is 3.09. The number of nitrogens with one attached hydrogen (secondary N) is 2. The van der Waals surface area contributed by atoms with Crippen LogP contribution >= 0.6 is 0 Å². The van der Waals surface area contributed by atoms with Crippen LogP contribution in [0.25, 0.3) is 11.2 Å². The van der Waals surface area contributed by atoms with Crippen LogP contribution in [-0.4, -0.2) is 38.1 Å². The Labute approximate surface area is 125 Å². The Morgan fingerprint density at radius 2 is 2.27 bits per heavy atom. The van der Waals surface area contributed by atoms with Gasteiger partial charge in [-0.25, -0.2) is 19.7 Å². The molecule has 0 radical (unpaired) electrons. The summed E-state index contributed by atoms with van der Waals surface area (Å²) in [7, 11) is 1.61. The quantitative estimate of drug-likeness (QED) is 0.656. The summed E-state index contributed by atoms with van der Waals surface area (Å²) in [6.45, 7) is 0.505. The molecule has 2 heterocycles. The number of aromatic amines is 1. The predicted octanol–water partition coefficient (Wildman–Crippen LogP) is 1.67. The number of rotatable bonds is 5. The number of aromatic carboxylic acids is 1. The van der Waals surface area contributed by atoms with E-state index in [-0.39, 0.29) is 5.82 Å². The number of aromatic nitrogens is 4. The molecule has 0 amide bonds. The van der Waals surface area contributed by atoms with Gasteiger partial charge in [-0.15, -0.1) is 0 Å². The first-order valence-corrected chi connectivity index (χ1v) is 6.48. The van der Waals surface area contributed by atoms with Crippen molar-refractivity contribution in [1.82, 2.24) is 19.9 Å². The average Bonchev–Trinajstić information content (AvgIpc) is 2.98. The van der Waals surface area contributed by atoms with Crippen molar-refractivity contribution < 1.29 is 14.6 Å². The van der Waals surface area contributed by atoms with Crippen molar-refractivity contribution in [3.05, 3.63) is 42.0 Å². The molecule has 3 rings (SSSR count). The van der Waals surface area contributed by atoms with Gasteiger partial charge in [0.05, 0.1) is 7.11 Å². The first kappa shape index (κ1) is 13.8. The Morgan fingerprint density at radius 3 is 3.05 bits per heavy atom. The molecule has 0 aliphatic rings. The number of nitrogens with zero attached hydrogens (tertiary/aromatic N) is 3. The Morgan fingerprint density at radius 1 is 1.41 bits per heavy atom. The van der Waals surface area contributed by atoms with Crippen molar-refractivity contribution in [1.29, 1.82) is 0 Å². The van der Waals surface area contributed by atoms with Gasteiger partial charge in [-0.1, -0.05) is 12.1 Å². The molecule has 8 heteroatoms. The van der Waals surface area contributed by atoms with E-state index in [4.69, 9.17) is 9.84 Å². The van der Waals surface area contributed by atoms with Gasteiger partial charge in [-0.3, -0.25) is 0 Å². The van der Waals surface area contributed by atoms with Gasteiger partial charge in [0.1, 0.15) is 17.6 Å². The largest absolute Gasteiger partial charge is 0.497 e. The summed E-state index contributed by atoms with van der Waals surface area (Å²) >= 11 is 0. The number of ether oxygens (including phenoxy) is 1. The van der Waals surface area contributed by atoms with Crippen LogP contribution in [0.4, 0.5) is 5.82 Å². The van der Waals surface area contributed by atoms with E-state index in [1.165, 1.54) is 6.33 Å². The van der Waals surface area contributed by atoms with Gasteiger partial charge >= 0.3 is 5.97 Å². The normalized spacial score (nSPS) is 10.6. The van der Waals surface area contributed by atoms with Gasteiger partial charge < -0.3 is 20.1 Å². The fourth-order valence-electron chi connectivity index (χ4n) is 2.03. The molecule has 0 aliphatic carbocycles. The lowest BCUT2D eigenvalue weighted by Gasteiger charge is -2.07. The Bertz CT molecular complexity index is 830. The molecule has 2 aromatic heterocycles. The number of methoxy groups -OCH3 is 1. The zero-order chi connectivity index (χ0) is 15.5. The van der Waals surface area contributed by atoms with E-state index in [9.17, 15) is 4.79 Å². The molecule has 3 aromatic rings. The van der Waals surface area contributed by atoms with Gasteiger partial charge in [-0.2, -0.15) is 0 Å². The van der Waals surface area contributed by atoms with Crippen LogP contribution in [0.1, 0.15) is 16.2 Å². The monoisotopic (exact) mass is 299 g/mol. The van der Waals surface area contributed by atoms with E-state index in [1.807, 2.05) is 24.3 Å². The maximum atomic E-state index is 11.0. The molecule has 112 valence electrons. The third kappa shape index (κ3) is 2.66. The SMILES string of the molecule is COc1cccc(CNc2ncnc3nc(C(=O)O)[nH]c23)c1. The number of carboxylic acids is 1. The molecule has 0 fully saturated rings. The minimum atomic E-state index is -1.14. The van der Waals surface area contributed by atoms with Crippen molar-refractivity contribution in [2.45, 2.75) is 6.54 Å². The molecule has 0 saturated carbocycles. The number of fused-ring (bicyclic) bond motifs is 1. The molecule has 0 unspecified atom stereocenters. The lowest BCUT2D eigenvalue weighted by atomic mass is 10.2. The van der Waals surface area contributed by atoms with E-state index in [0.29, 0.717) is 23.5 Å². The maximum Gasteiger partial charge on any atom is 0.371 e. The van der Waals surface area contributed by atoms with Crippen molar-refractivity contribution >= 4 is 23.0 Å². The van der Waals surface area contributed by atoms with Crippen molar-refractivity contribution in [2.24, 2.45) is 0 Å². The smallest absolute Gasteiger partial charge is 0.371 e. The van der Waals surface area contributed by atoms with E-state index < -0.39 is 5.97 Å². The summed E-state index contributed by atoms with van der Waals surface area (Å²) in [4.78, 5) is 25.6. The van der Waals surface area contributed by atoms with E-state index in [1.54, 1.807) is 7.11 Å². The fourth-order valence-corrected chi connectivity index (χ4v) is 2.03. The summed E-state index contributed by atoms with van der Waals surface area (Å²) in [5.41, 5.74) is 1.77. The van der Waals surface area contributed by atoms with Gasteiger partial charge in [0.2, 0.25) is 5.82 Å². The number of H-pyrrole nitrogens is 1. The van der Waals surface area contributed by atoms with Crippen molar-refractivity contribution in [3.63, 3.8) is 0 Å². The van der Waals surface area contributed by atoms with Crippen LogP contribution < -0.4 is 10.1 Å². The highest BCUT2D eigenvalue weighted by Gasteiger charge is 2.13. The lowest BCUT2D eigenvalue weighted by Crippen LogP contribution is -2.03. The van der Waals surface area contributed by atoms with Crippen LogP contribution in [0.5, 0.6) is 5.75 Å². The van der Waals surface area contributed by atoms with E-state index >= 15 is 0 Å². The summed E-state index contributed by atoms with van der Waals surface area (Å²) in [5.74, 6) is -0.0497. The maximum absolute atomic E-state index is 11.0. The first-order chi connectivity index (χ1) is 10.7. The predicted molar refractivity (Wildman–Crippen MR) is 79.0 cm³/mol. The molecule has 8 nitrogen and oxygen atoms in total. The second kappa shape index (κ2) is 5.68. The second-order valence-electron chi connectivity index (χ2n) is 4.52. The van der Waals surface area contributed by atoms with Gasteiger partial charge in [0, 0.05) is 6.54 Å². The van der Waals surface area contributed by atoms with E-state index in [2.05, 4.69) is 25.3 Å². The number of imidazole rings is 1. The fraction of sp³-hybridized carbons (Fsp3) is 0.143. The zero-order valence-electron chi connectivity index (χ0n) is 11.7. The Hall–Kier alpha value is -3.16. The number of benzene rings is 1. The lowest BCUT2D eigenvalue weighted by molar-refractivity contribution is 0.0685. The summed E-state index contributed by atoms with van der Waals surface area (Å²) in [5, 5.41) is 12.1.